The SMILES string of the molecule is C=C(C)C(=O)OCCCCCC(=O)NCCOC(=O)C(=C)C. The highest BCUT2D eigenvalue weighted by molar-refractivity contribution is 5.87. The van der Waals surface area contributed by atoms with Gasteiger partial charge in [0.25, 0.3) is 0 Å². The van der Waals surface area contributed by atoms with Crippen molar-refractivity contribution in [2.75, 3.05) is 19.8 Å². The monoisotopic (exact) mass is 311 g/mol. The highest BCUT2D eigenvalue weighted by atomic mass is 16.5. The topological polar surface area (TPSA) is 81.7 Å². The third-order valence-electron chi connectivity index (χ3n) is 2.64. The van der Waals surface area contributed by atoms with Gasteiger partial charge in [0, 0.05) is 17.6 Å². The van der Waals surface area contributed by atoms with Gasteiger partial charge in [0.05, 0.1) is 13.2 Å². The summed E-state index contributed by atoms with van der Waals surface area (Å²) in [7, 11) is 0. The highest BCUT2D eigenvalue weighted by Gasteiger charge is 2.05. The van der Waals surface area contributed by atoms with Gasteiger partial charge in [-0.2, -0.15) is 0 Å². The molecule has 0 saturated carbocycles. The van der Waals surface area contributed by atoms with Crippen molar-refractivity contribution in [3.63, 3.8) is 0 Å². The molecule has 0 aromatic carbocycles. The predicted octanol–water partition coefficient (Wildman–Crippen LogP) is 1.90. The molecule has 0 spiro atoms. The largest absolute Gasteiger partial charge is 0.462 e. The molecule has 0 aliphatic carbocycles. The van der Waals surface area contributed by atoms with Gasteiger partial charge in [0.1, 0.15) is 6.61 Å². The first-order valence-corrected chi connectivity index (χ1v) is 7.26. The number of carbonyl (C=O) groups is 3. The Morgan fingerprint density at radius 3 is 1.95 bits per heavy atom. The van der Waals surface area contributed by atoms with E-state index >= 15 is 0 Å². The van der Waals surface area contributed by atoms with Crippen molar-refractivity contribution in [3.8, 4) is 0 Å². The van der Waals surface area contributed by atoms with Crippen LogP contribution in [0.25, 0.3) is 0 Å². The van der Waals surface area contributed by atoms with Crippen LogP contribution >= 0.6 is 0 Å². The van der Waals surface area contributed by atoms with E-state index in [1.807, 2.05) is 0 Å². The van der Waals surface area contributed by atoms with Gasteiger partial charge in [0.15, 0.2) is 0 Å². The molecule has 6 heteroatoms. The molecular weight excluding hydrogens is 286 g/mol. The molecule has 0 radical (unpaired) electrons. The first-order valence-electron chi connectivity index (χ1n) is 7.26. The average molecular weight is 311 g/mol. The van der Waals surface area contributed by atoms with E-state index < -0.39 is 5.97 Å². The zero-order valence-electron chi connectivity index (χ0n) is 13.4. The fourth-order valence-corrected chi connectivity index (χ4v) is 1.40. The summed E-state index contributed by atoms with van der Waals surface area (Å²) >= 11 is 0. The van der Waals surface area contributed by atoms with Crippen molar-refractivity contribution in [1.82, 2.24) is 5.32 Å². The molecule has 0 aromatic rings. The molecule has 0 bridgehead atoms. The van der Waals surface area contributed by atoms with Gasteiger partial charge in [-0.05, 0) is 33.1 Å². The molecular formula is C16H25NO5. The van der Waals surface area contributed by atoms with E-state index in [1.54, 1.807) is 13.8 Å². The van der Waals surface area contributed by atoms with Gasteiger partial charge in [-0.25, -0.2) is 9.59 Å². The molecule has 124 valence electrons. The number of hydrogen-bond donors (Lipinski definition) is 1. The lowest BCUT2D eigenvalue weighted by Crippen LogP contribution is -2.27. The molecule has 0 aliphatic rings. The van der Waals surface area contributed by atoms with Crippen LogP contribution in [0.4, 0.5) is 0 Å². The Kier molecular flexibility index (Phi) is 10.4. The number of unbranched alkanes of at least 4 members (excludes halogenated alkanes) is 2. The summed E-state index contributed by atoms with van der Waals surface area (Å²) in [5.41, 5.74) is 0.713. The predicted molar refractivity (Wildman–Crippen MR) is 83.0 cm³/mol. The minimum absolute atomic E-state index is 0.0923. The first-order chi connectivity index (χ1) is 10.3. The number of esters is 2. The zero-order chi connectivity index (χ0) is 17.0. The molecule has 0 saturated heterocycles. The standard InChI is InChI=1S/C16H25NO5/c1-12(2)15(19)21-10-7-5-6-8-14(18)17-9-11-22-16(20)13(3)4/h1,3,5-11H2,2,4H3,(H,17,18). The number of nitrogens with one attached hydrogen (secondary N) is 1. The van der Waals surface area contributed by atoms with Gasteiger partial charge < -0.3 is 14.8 Å². The lowest BCUT2D eigenvalue weighted by atomic mass is 10.2. The van der Waals surface area contributed by atoms with Crippen molar-refractivity contribution in [2.24, 2.45) is 0 Å². The molecule has 0 aliphatic heterocycles. The fourth-order valence-electron chi connectivity index (χ4n) is 1.40. The minimum Gasteiger partial charge on any atom is -0.462 e. The molecule has 0 rings (SSSR count). The molecule has 22 heavy (non-hydrogen) atoms. The number of ether oxygens (including phenoxy) is 2. The maximum Gasteiger partial charge on any atom is 0.333 e. The van der Waals surface area contributed by atoms with Gasteiger partial charge in [-0.15, -0.1) is 0 Å². The van der Waals surface area contributed by atoms with E-state index in [1.165, 1.54) is 0 Å². The van der Waals surface area contributed by atoms with E-state index in [9.17, 15) is 14.4 Å². The van der Waals surface area contributed by atoms with Crippen LogP contribution in [0.5, 0.6) is 0 Å². The molecule has 0 heterocycles. The molecule has 1 amide bonds. The lowest BCUT2D eigenvalue weighted by Gasteiger charge is -2.07. The number of carbonyl (C=O) groups excluding carboxylic acids is 3. The summed E-state index contributed by atoms with van der Waals surface area (Å²) in [5.74, 6) is -0.939. The van der Waals surface area contributed by atoms with E-state index in [4.69, 9.17) is 9.47 Å². The lowest BCUT2D eigenvalue weighted by molar-refractivity contribution is -0.139. The number of rotatable bonds is 11. The Bertz CT molecular complexity index is 428. The second-order valence-electron chi connectivity index (χ2n) is 4.99. The number of amides is 1. The van der Waals surface area contributed by atoms with Gasteiger partial charge in [-0.1, -0.05) is 13.2 Å². The average Bonchev–Trinajstić information content (AvgIpc) is 2.46. The fraction of sp³-hybridized carbons (Fsp3) is 0.562. The van der Waals surface area contributed by atoms with Crippen LogP contribution in [-0.4, -0.2) is 37.6 Å². The van der Waals surface area contributed by atoms with Crippen molar-refractivity contribution in [2.45, 2.75) is 39.5 Å². The van der Waals surface area contributed by atoms with E-state index in [0.29, 0.717) is 37.0 Å². The Balaban J connectivity index is 3.47. The maximum absolute atomic E-state index is 11.5. The highest BCUT2D eigenvalue weighted by Crippen LogP contribution is 2.01. The minimum atomic E-state index is -0.460. The summed E-state index contributed by atoms with van der Waals surface area (Å²) < 4.78 is 9.78. The Labute approximate surface area is 131 Å². The third kappa shape index (κ3) is 10.7. The van der Waals surface area contributed by atoms with Crippen LogP contribution in [-0.2, 0) is 23.9 Å². The Morgan fingerprint density at radius 1 is 0.864 bits per heavy atom. The molecule has 1 N–H and O–H groups in total. The molecule has 0 unspecified atom stereocenters. The quantitative estimate of drug-likeness (QED) is 0.358. The van der Waals surface area contributed by atoms with Crippen molar-refractivity contribution >= 4 is 17.8 Å². The van der Waals surface area contributed by atoms with Crippen LogP contribution in [0.3, 0.4) is 0 Å². The van der Waals surface area contributed by atoms with Crippen LogP contribution in [0.15, 0.2) is 24.3 Å². The molecule has 0 aromatic heterocycles. The van der Waals surface area contributed by atoms with Crippen LogP contribution in [0.2, 0.25) is 0 Å². The molecule has 6 nitrogen and oxygen atoms in total. The van der Waals surface area contributed by atoms with Crippen molar-refractivity contribution < 1.29 is 23.9 Å². The second-order valence-corrected chi connectivity index (χ2v) is 4.99. The van der Waals surface area contributed by atoms with Crippen molar-refractivity contribution in [3.05, 3.63) is 24.3 Å². The van der Waals surface area contributed by atoms with E-state index in [-0.39, 0.29) is 25.0 Å². The number of hydrogen-bond acceptors (Lipinski definition) is 5. The molecule has 0 fully saturated rings. The van der Waals surface area contributed by atoms with Gasteiger partial charge in [-0.3, -0.25) is 4.79 Å². The smallest absolute Gasteiger partial charge is 0.333 e. The van der Waals surface area contributed by atoms with Crippen LogP contribution in [0, 0.1) is 0 Å². The summed E-state index contributed by atoms with van der Waals surface area (Å²) in [6.45, 7) is 10.9. The maximum atomic E-state index is 11.5. The van der Waals surface area contributed by atoms with E-state index in [2.05, 4.69) is 18.5 Å². The van der Waals surface area contributed by atoms with Crippen LogP contribution < -0.4 is 5.32 Å². The Morgan fingerprint density at radius 2 is 1.41 bits per heavy atom. The third-order valence-corrected chi connectivity index (χ3v) is 2.64. The molecule has 0 atom stereocenters. The second kappa shape index (κ2) is 11.5. The van der Waals surface area contributed by atoms with Crippen LogP contribution in [0.1, 0.15) is 39.5 Å². The normalized spacial score (nSPS) is 9.73. The van der Waals surface area contributed by atoms with Gasteiger partial charge >= 0.3 is 11.9 Å². The van der Waals surface area contributed by atoms with E-state index in [0.717, 1.165) is 6.42 Å². The Hall–Kier alpha value is -2.11. The summed E-state index contributed by atoms with van der Waals surface area (Å²) in [4.78, 5) is 33.7. The summed E-state index contributed by atoms with van der Waals surface area (Å²) in [6.07, 6.45) is 2.61. The van der Waals surface area contributed by atoms with Crippen molar-refractivity contribution in [1.29, 1.82) is 0 Å². The zero-order valence-corrected chi connectivity index (χ0v) is 13.4. The van der Waals surface area contributed by atoms with Gasteiger partial charge in [0.2, 0.25) is 5.91 Å². The summed E-state index contributed by atoms with van der Waals surface area (Å²) in [5, 5.41) is 2.66. The summed E-state index contributed by atoms with van der Waals surface area (Å²) in [6, 6.07) is 0. The first kappa shape index (κ1) is 19.9.